The molecule has 156 valence electrons. The van der Waals surface area contributed by atoms with Gasteiger partial charge in [0.15, 0.2) is 0 Å². The number of hydrogen-bond acceptors (Lipinski definition) is 8. The molecule has 2 unspecified atom stereocenters. The Bertz CT molecular complexity index is 938. The molecule has 0 saturated heterocycles. The molecule has 0 amide bonds. The molecule has 0 fully saturated rings. The van der Waals surface area contributed by atoms with Crippen LogP contribution >= 0.6 is 0 Å². The van der Waals surface area contributed by atoms with Crippen molar-refractivity contribution in [3.63, 3.8) is 0 Å². The molecule has 0 bridgehead atoms. The van der Waals surface area contributed by atoms with Crippen molar-refractivity contribution < 1.29 is 25.2 Å². The fourth-order valence-electron chi connectivity index (χ4n) is 2.78. The number of nitrogens with two attached hydrogens (primary N) is 2. The molecule has 0 aromatic heterocycles. The van der Waals surface area contributed by atoms with Crippen LogP contribution in [0.4, 0.5) is 0 Å². The first-order valence-corrected chi connectivity index (χ1v) is 11.8. The van der Waals surface area contributed by atoms with E-state index in [0.29, 0.717) is 25.7 Å². The lowest BCUT2D eigenvalue weighted by Gasteiger charge is -2.16. The second kappa shape index (κ2) is 9.29. The monoisotopic (exact) mass is 430 g/mol. The minimum atomic E-state index is -4.19. The highest BCUT2D eigenvalue weighted by atomic mass is 32.2. The second-order valence-corrected chi connectivity index (χ2v) is 9.44. The van der Waals surface area contributed by atoms with Crippen LogP contribution in [0.15, 0.2) is 46.2 Å². The van der Waals surface area contributed by atoms with Crippen LogP contribution in [0, 0.1) is 0 Å². The number of fused-ring (bicyclic) bond motifs is 1. The van der Waals surface area contributed by atoms with Crippen LogP contribution in [0.5, 0.6) is 0 Å². The minimum Gasteiger partial charge on any atom is -0.305 e. The zero-order chi connectivity index (χ0) is 20.9. The summed E-state index contributed by atoms with van der Waals surface area (Å²) in [4.78, 5) is -0.321. The molecule has 28 heavy (non-hydrogen) atoms. The van der Waals surface area contributed by atoms with Gasteiger partial charge in [0, 0.05) is 10.8 Å². The van der Waals surface area contributed by atoms with Gasteiger partial charge in [0.2, 0.25) is 0 Å². The first-order chi connectivity index (χ1) is 13.1. The molecule has 2 aromatic rings. The summed E-state index contributed by atoms with van der Waals surface area (Å²) in [5.41, 5.74) is 11.4. The van der Waals surface area contributed by atoms with Gasteiger partial charge in [-0.3, -0.25) is 0 Å². The molecule has 0 spiro atoms. The standard InChI is InChI=1S/C18H26N2O6S2/c1-3-7-17(19)25-27(21,22)15-11-5-10-14-13(15)9-6-12-16(14)28(23,24)26-18(20)8-4-2/h5-6,9-12,17-18H,3-4,7-8,19-20H2,1-2H3. The zero-order valence-electron chi connectivity index (χ0n) is 15.9. The normalized spacial score (nSPS) is 14.9. The number of hydrogen-bond donors (Lipinski definition) is 2. The van der Waals surface area contributed by atoms with E-state index < -0.39 is 32.7 Å². The van der Waals surface area contributed by atoms with Crippen LogP contribution in [0.1, 0.15) is 39.5 Å². The predicted octanol–water partition coefficient (Wildman–Crippen LogP) is 2.42. The lowest BCUT2D eigenvalue weighted by Crippen LogP contribution is -2.27. The van der Waals surface area contributed by atoms with Crippen LogP contribution in [-0.4, -0.2) is 29.3 Å². The van der Waals surface area contributed by atoms with Crippen LogP contribution in [0.2, 0.25) is 0 Å². The van der Waals surface area contributed by atoms with Crippen molar-refractivity contribution in [1.29, 1.82) is 0 Å². The molecule has 0 aliphatic carbocycles. The maximum Gasteiger partial charge on any atom is 0.299 e. The van der Waals surface area contributed by atoms with E-state index in [9.17, 15) is 16.8 Å². The highest BCUT2D eigenvalue weighted by Gasteiger charge is 2.26. The quantitative estimate of drug-likeness (QED) is 0.433. The van der Waals surface area contributed by atoms with Crippen molar-refractivity contribution in [2.45, 2.75) is 61.8 Å². The Labute approximate surface area is 166 Å². The molecule has 4 N–H and O–H groups in total. The molecular formula is C18H26N2O6S2. The SMILES string of the molecule is CCCC(N)OS(=O)(=O)c1cccc2c(S(=O)(=O)OC(N)CCC)cccc12. The summed E-state index contributed by atoms with van der Waals surface area (Å²) in [7, 11) is -8.38. The first-order valence-electron chi connectivity index (χ1n) is 9.02. The largest absolute Gasteiger partial charge is 0.305 e. The van der Waals surface area contributed by atoms with E-state index in [4.69, 9.17) is 19.8 Å². The van der Waals surface area contributed by atoms with E-state index in [-0.39, 0.29) is 20.6 Å². The predicted molar refractivity (Wildman–Crippen MR) is 106 cm³/mol. The Morgan fingerprint density at radius 2 is 1.11 bits per heavy atom. The summed E-state index contributed by atoms with van der Waals surface area (Å²) in [5.74, 6) is 0. The van der Waals surface area contributed by atoms with Gasteiger partial charge >= 0.3 is 0 Å². The molecule has 10 heteroatoms. The topological polar surface area (TPSA) is 139 Å². The lowest BCUT2D eigenvalue weighted by atomic mass is 10.1. The van der Waals surface area contributed by atoms with Gasteiger partial charge < -0.3 is 11.5 Å². The smallest absolute Gasteiger partial charge is 0.299 e. The van der Waals surface area contributed by atoms with Gasteiger partial charge in [-0.2, -0.15) is 16.8 Å². The minimum absolute atomic E-state index is 0.161. The molecule has 0 aliphatic rings. The molecule has 0 aliphatic heterocycles. The Morgan fingerprint density at radius 3 is 1.43 bits per heavy atom. The van der Waals surface area contributed by atoms with Crippen molar-refractivity contribution >= 4 is 31.0 Å². The fraction of sp³-hybridized carbons (Fsp3) is 0.444. The average molecular weight is 431 g/mol. The average Bonchev–Trinajstić information content (AvgIpc) is 2.60. The Hall–Kier alpha value is -1.56. The number of rotatable bonds is 10. The first kappa shape index (κ1) is 22.7. The Morgan fingerprint density at radius 1 is 0.750 bits per heavy atom. The number of benzene rings is 2. The highest BCUT2D eigenvalue weighted by molar-refractivity contribution is 7.87. The van der Waals surface area contributed by atoms with Crippen LogP contribution in [-0.2, 0) is 28.6 Å². The van der Waals surface area contributed by atoms with Gasteiger partial charge in [0.1, 0.15) is 22.2 Å². The third kappa shape index (κ3) is 5.28. The van der Waals surface area contributed by atoms with Crippen molar-refractivity contribution in [2.24, 2.45) is 11.5 Å². The molecule has 0 heterocycles. The van der Waals surface area contributed by atoms with E-state index in [1.165, 1.54) is 36.4 Å². The van der Waals surface area contributed by atoms with E-state index >= 15 is 0 Å². The van der Waals surface area contributed by atoms with E-state index in [0.717, 1.165) is 0 Å². The van der Waals surface area contributed by atoms with Crippen molar-refractivity contribution in [2.75, 3.05) is 0 Å². The Kier molecular flexibility index (Phi) is 7.54. The highest BCUT2D eigenvalue weighted by Crippen LogP contribution is 2.30. The molecule has 2 aromatic carbocycles. The maximum atomic E-state index is 12.7. The summed E-state index contributed by atoms with van der Waals surface area (Å²) >= 11 is 0. The van der Waals surface area contributed by atoms with E-state index in [1.807, 2.05) is 13.8 Å². The van der Waals surface area contributed by atoms with E-state index in [1.54, 1.807) is 0 Å². The Balaban J connectivity index is 2.54. The second-order valence-electron chi connectivity index (χ2n) is 6.36. The van der Waals surface area contributed by atoms with Gasteiger partial charge in [-0.25, -0.2) is 8.37 Å². The van der Waals surface area contributed by atoms with E-state index in [2.05, 4.69) is 0 Å². The van der Waals surface area contributed by atoms with Gasteiger partial charge in [0.25, 0.3) is 20.2 Å². The summed E-state index contributed by atoms with van der Waals surface area (Å²) in [6.07, 6.45) is 0.0909. The van der Waals surface area contributed by atoms with Gasteiger partial charge in [-0.15, -0.1) is 0 Å². The van der Waals surface area contributed by atoms with Gasteiger partial charge in [0.05, 0.1) is 0 Å². The third-order valence-corrected chi connectivity index (χ3v) is 6.82. The summed E-state index contributed by atoms with van der Waals surface area (Å²) in [5, 5.41) is 0.389. The summed E-state index contributed by atoms with van der Waals surface area (Å²) < 4.78 is 60.7. The fourth-order valence-corrected chi connectivity index (χ4v) is 5.22. The van der Waals surface area contributed by atoms with Crippen LogP contribution in [0.25, 0.3) is 10.8 Å². The third-order valence-electron chi connectivity index (χ3n) is 4.03. The summed E-state index contributed by atoms with van der Waals surface area (Å²) in [6, 6.07) is 8.57. The maximum absolute atomic E-state index is 12.7. The molecule has 2 atom stereocenters. The molecule has 0 saturated carbocycles. The van der Waals surface area contributed by atoms with Crippen molar-refractivity contribution in [3.8, 4) is 0 Å². The van der Waals surface area contributed by atoms with Crippen molar-refractivity contribution in [3.05, 3.63) is 36.4 Å². The van der Waals surface area contributed by atoms with Gasteiger partial charge in [-0.05, 0) is 25.0 Å². The van der Waals surface area contributed by atoms with Crippen LogP contribution in [0.3, 0.4) is 0 Å². The molecular weight excluding hydrogens is 404 g/mol. The molecule has 0 radical (unpaired) electrons. The zero-order valence-corrected chi connectivity index (χ0v) is 17.5. The molecule has 2 rings (SSSR count). The molecule has 8 nitrogen and oxygen atoms in total. The van der Waals surface area contributed by atoms with Crippen molar-refractivity contribution in [1.82, 2.24) is 0 Å². The summed E-state index contributed by atoms with van der Waals surface area (Å²) in [6.45, 7) is 3.71. The van der Waals surface area contributed by atoms with Gasteiger partial charge in [-0.1, -0.05) is 51.0 Å². The lowest BCUT2D eigenvalue weighted by molar-refractivity contribution is 0.204. The van der Waals surface area contributed by atoms with Crippen LogP contribution < -0.4 is 11.5 Å².